The summed E-state index contributed by atoms with van der Waals surface area (Å²) >= 11 is 0. The van der Waals surface area contributed by atoms with Gasteiger partial charge in [0.25, 0.3) is 0 Å². The monoisotopic (exact) mass is 482 g/mol. The number of fused-ring (bicyclic) bond motifs is 1. The topological polar surface area (TPSA) is 58.9 Å². The van der Waals surface area contributed by atoms with E-state index in [1.165, 1.54) is 0 Å². The molecule has 1 unspecified atom stereocenters. The van der Waals surface area contributed by atoms with E-state index in [1.54, 1.807) is 0 Å². The van der Waals surface area contributed by atoms with Gasteiger partial charge in [0, 0.05) is 60.9 Å². The highest BCUT2D eigenvalue weighted by atomic mass is 15.2. The Balaban J connectivity index is 1.55. The molecule has 0 aliphatic carbocycles. The van der Waals surface area contributed by atoms with Gasteiger partial charge in [-0.25, -0.2) is 9.97 Å². The zero-order valence-corrected chi connectivity index (χ0v) is 22.4. The van der Waals surface area contributed by atoms with Gasteiger partial charge >= 0.3 is 0 Å². The second-order valence-electron chi connectivity index (χ2n) is 10.6. The third-order valence-electron chi connectivity index (χ3n) is 6.69. The van der Waals surface area contributed by atoms with E-state index in [0.717, 1.165) is 57.9 Å². The first-order valence-corrected chi connectivity index (χ1v) is 12.8. The maximum absolute atomic E-state index is 4.71. The molecule has 0 amide bonds. The van der Waals surface area contributed by atoms with Crippen molar-refractivity contribution in [1.82, 2.24) is 19.7 Å². The number of anilines is 2. The predicted molar refractivity (Wildman–Crippen MR) is 152 cm³/mol. The van der Waals surface area contributed by atoms with Crippen molar-refractivity contribution >= 4 is 28.1 Å². The normalized spacial score (nSPS) is 12.3. The fourth-order valence-electron chi connectivity index (χ4n) is 4.23. The first kappa shape index (κ1) is 25.4. The Kier molecular flexibility index (Phi) is 7.73. The number of rotatable bonds is 10. The van der Waals surface area contributed by atoms with Crippen molar-refractivity contribution < 1.29 is 0 Å². The number of nitrogens with zero attached hydrogens (tertiary/aromatic N) is 5. The van der Waals surface area contributed by atoms with Gasteiger partial charge in [0.05, 0.1) is 6.20 Å². The molecule has 0 saturated heterocycles. The van der Waals surface area contributed by atoms with Crippen molar-refractivity contribution in [3.8, 4) is 11.1 Å². The standard InChI is InChI=1S/C30H38N6/c1-20(2)17-36(18-22(5)21(3)4)30-14-24(10-11-31-30)23(6)34-29-13-27-12-25(8-9-26(27)15-32-29)28-16-33-35(7)19-28/h8-16,19-22H,6,17-18H2,1-5,7H3,(H,32,34). The molecule has 3 heterocycles. The van der Waals surface area contributed by atoms with Crippen molar-refractivity contribution in [2.24, 2.45) is 24.8 Å². The quantitative estimate of drug-likeness (QED) is 0.267. The highest BCUT2D eigenvalue weighted by Gasteiger charge is 2.17. The molecule has 4 aromatic rings. The third kappa shape index (κ3) is 6.11. The molecular formula is C30H38N6. The summed E-state index contributed by atoms with van der Waals surface area (Å²) in [4.78, 5) is 11.7. The number of nitrogens with one attached hydrogen (secondary N) is 1. The van der Waals surface area contributed by atoms with Gasteiger partial charge < -0.3 is 10.2 Å². The number of aromatic nitrogens is 4. The van der Waals surface area contributed by atoms with Gasteiger partial charge in [-0.05, 0) is 53.0 Å². The molecule has 36 heavy (non-hydrogen) atoms. The molecule has 4 rings (SSSR count). The molecule has 6 heteroatoms. The zero-order valence-electron chi connectivity index (χ0n) is 22.4. The lowest BCUT2D eigenvalue weighted by Gasteiger charge is -2.30. The second-order valence-corrected chi connectivity index (χ2v) is 10.6. The average Bonchev–Trinajstić information content (AvgIpc) is 3.29. The minimum absolute atomic E-state index is 0.550. The lowest BCUT2D eigenvalue weighted by Crippen LogP contribution is -2.34. The van der Waals surface area contributed by atoms with E-state index < -0.39 is 0 Å². The summed E-state index contributed by atoms with van der Waals surface area (Å²) in [6.07, 6.45) is 7.68. The Morgan fingerprint density at radius 1 is 0.944 bits per heavy atom. The Morgan fingerprint density at radius 2 is 1.75 bits per heavy atom. The molecule has 3 aromatic heterocycles. The van der Waals surface area contributed by atoms with E-state index in [-0.39, 0.29) is 0 Å². The minimum atomic E-state index is 0.550. The molecule has 1 aromatic carbocycles. The van der Waals surface area contributed by atoms with Gasteiger partial charge in [-0.15, -0.1) is 0 Å². The van der Waals surface area contributed by atoms with Gasteiger partial charge in [0.15, 0.2) is 0 Å². The zero-order chi connectivity index (χ0) is 25.8. The van der Waals surface area contributed by atoms with Crippen LogP contribution in [0.3, 0.4) is 0 Å². The summed E-state index contributed by atoms with van der Waals surface area (Å²) in [6, 6.07) is 12.6. The summed E-state index contributed by atoms with van der Waals surface area (Å²) in [5.74, 6) is 3.51. The Bertz CT molecular complexity index is 1340. The summed E-state index contributed by atoms with van der Waals surface area (Å²) in [7, 11) is 1.93. The first-order valence-electron chi connectivity index (χ1n) is 12.8. The van der Waals surface area contributed by atoms with Crippen molar-refractivity contribution in [3.05, 3.63) is 73.3 Å². The fourth-order valence-corrected chi connectivity index (χ4v) is 4.23. The number of hydrogen-bond donors (Lipinski definition) is 1. The summed E-state index contributed by atoms with van der Waals surface area (Å²) in [5, 5.41) is 9.91. The molecular weight excluding hydrogens is 444 g/mol. The van der Waals surface area contributed by atoms with Crippen LogP contribution < -0.4 is 10.2 Å². The van der Waals surface area contributed by atoms with Crippen molar-refractivity contribution in [2.45, 2.75) is 34.6 Å². The summed E-state index contributed by atoms with van der Waals surface area (Å²) in [5.41, 5.74) is 4.04. The maximum atomic E-state index is 4.71. The Labute approximate surface area is 215 Å². The smallest absolute Gasteiger partial charge is 0.130 e. The van der Waals surface area contributed by atoms with E-state index in [0.29, 0.717) is 17.8 Å². The lowest BCUT2D eigenvalue weighted by molar-refractivity contribution is 0.407. The van der Waals surface area contributed by atoms with E-state index in [2.05, 4.69) is 91.8 Å². The van der Waals surface area contributed by atoms with Crippen molar-refractivity contribution in [2.75, 3.05) is 23.3 Å². The molecule has 1 atom stereocenters. The van der Waals surface area contributed by atoms with E-state index in [1.807, 2.05) is 42.6 Å². The highest BCUT2D eigenvalue weighted by molar-refractivity contribution is 5.89. The van der Waals surface area contributed by atoms with Gasteiger partial charge in [0.1, 0.15) is 11.6 Å². The molecule has 0 aliphatic heterocycles. The minimum Gasteiger partial charge on any atom is -0.356 e. The van der Waals surface area contributed by atoms with Crippen LogP contribution in [0.15, 0.2) is 67.8 Å². The molecule has 0 bridgehead atoms. The predicted octanol–water partition coefficient (Wildman–Crippen LogP) is 6.87. The van der Waals surface area contributed by atoms with Crippen LogP contribution in [0.5, 0.6) is 0 Å². The fraction of sp³-hybridized carbons (Fsp3) is 0.367. The van der Waals surface area contributed by atoms with Crippen molar-refractivity contribution in [3.63, 3.8) is 0 Å². The molecule has 0 fully saturated rings. The molecule has 0 radical (unpaired) electrons. The maximum Gasteiger partial charge on any atom is 0.130 e. The number of benzene rings is 1. The van der Waals surface area contributed by atoms with E-state index in [4.69, 9.17) is 4.98 Å². The number of pyridine rings is 2. The van der Waals surface area contributed by atoms with Gasteiger partial charge in [0.2, 0.25) is 0 Å². The highest BCUT2D eigenvalue weighted by Crippen LogP contribution is 2.27. The largest absolute Gasteiger partial charge is 0.356 e. The van der Waals surface area contributed by atoms with Crippen LogP contribution >= 0.6 is 0 Å². The lowest BCUT2D eigenvalue weighted by atomic mass is 9.97. The van der Waals surface area contributed by atoms with Crippen LogP contribution in [0, 0.1) is 17.8 Å². The van der Waals surface area contributed by atoms with Crippen molar-refractivity contribution in [1.29, 1.82) is 0 Å². The summed E-state index contributed by atoms with van der Waals surface area (Å²) in [6.45, 7) is 17.6. The first-order chi connectivity index (χ1) is 17.2. The van der Waals surface area contributed by atoms with Gasteiger partial charge in [-0.1, -0.05) is 53.3 Å². The summed E-state index contributed by atoms with van der Waals surface area (Å²) < 4.78 is 1.82. The van der Waals surface area contributed by atoms with E-state index >= 15 is 0 Å². The molecule has 0 spiro atoms. The van der Waals surface area contributed by atoms with Crippen LogP contribution in [0.1, 0.15) is 40.2 Å². The average molecular weight is 483 g/mol. The van der Waals surface area contributed by atoms with Crippen LogP contribution in [-0.4, -0.2) is 32.8 Å². The van der Waals surface area contributed by atoms with Gasteiger partial charge in [-0.2, -0.15) is 5.10 Å². The Morgan fingerprint density at radius 3 is 2.44 bits per heavy atom. The molecule has 0 saturated carbocycles. The molecule has 188 valence electrons. The number of aryl methyl sites for hydroxylation is 1. The van der Waals surface area contributed by atoms with E-state index in [9.17, 15) is 0 Å². The van der Waals surface area contributed by atoms with Gasteiger partial charge in [-0.3, -0.25) is 4.68 Å². The third-order valence-corrected chi connectivity index (χ3v) is 6.69. The SMILES string of the molecule is C=C(Nc1cc2cc(-c3cnn(C)c3)ccc2cn1)c1ccnc(N(CC(C)C)CC(C)C(C)C)c1. The van der Waals surface area contributed by atoms with Crippen LogP contribution in [0.25, 0.3) is 27.6 Å². The molecule has 1 N–H and O–H groups in total. The Hall–Kier alpha value is -3.67. The molecule has 6 nitrogen and oxygen atoms in total. The second kappa shape index (κ2) is 10.9. The van der Waals surface area contributed by atoms with Crippen LogP contribution in [0.4, 0.5) is 11.6 Å². The molecule has 0 aliphatic rings. The van der Waals surface area contributed by atoms with Crippen LogP contribution in [0.2, 0.25) is 0 Å². The number of hydrogen-bond acceptors (Lipinski definition) is 5. The van der Waals surface area contributed by atoms with Crippen LogP contribution in [-0.2, 0) is 7.05 Å².